The molecule has 1 aliphatic heterocycles. The van der Waals surface area contributed by atoms with Crippen molar-refractivity contribution < 1.29 is 0 Å². The zero-order valence-corrected chi connectivity index (χ0v) is 12.2. The first-order valence-electron chi connectivity index (χ1n) is 7.85. The minimum absolute atomic E-state index is 0.0957. The molecule has 0 bridgehead atoms. The molecule has 1 aromatic heterocycles. The molecular weight excluding hydrogens is 252 g/mol. The van der Waals surface area contributed by atoms with E-state index < -0.39 is 0 Å². The second-order valence-electron chi connectivity index (χ2n) is 5.85. The average molecular weight is 276 g/mol. The number of rotatable bonds is 5. The Labute approximate surface area is 120 Å². The largest absolute Gasteiger partial charge is 0.348 e. The summed E-state index contributed by atoms with van der Waals surface area (Å²) in [6.45, 7) is 4.98. The third-order valence-corrected chi connectivity index (χ3v) is 4.32. The molecule has 0 aromatic carbocycles. The minimum atomic E-state index is 0.0957. The van der Waals surface area contributed by atoms with E-state index in [1.54, 1.807) is 6.20 Å². The van der Waals surface area contributed by atoms with Crippen LogP contribution < -0.4 is 15.8 Å². The summed E-state index contributed by atoms with van der Waals surface area (Å²) in [6.07, 6.45) is 9.43. The Morgan fingerprint density at radius 2 is 2.20 bits per heavy atom. The molecule has 2 heterocycles. The van der Waals surface area contributed by atoms with Crippen LogP contribution in [-0.4, -0.2) is 35.2 Å². The quantitative estimate of drug-likeness (QED) is 0.886. The van der Waals surface area contributed by atoms with E-state index in [2.05, 4.69) is 22.1 Å². The monoisotopic (exact) mass is 276 g/mol. The summed E-state index contributed by atoms with van der Waals surface area (Å²) < 4.78 is 1.88. The lowest BCUT2D eigenvalue weighted by molar-refractivity contribution is 0.433. The van der Waals surface area contributed by atoms with E-state index in [1.165, 1.54) is 6.42 Å². The Balaban J connectivity index is 1.85. The Morgan fingerprint density at radius 3 is 2.95 bits per heavy atom. The lowest BCUT2D eigenvalue weighted by Gasteiger charge is -2.36. The summed E-state index contributed by atoms with van der Waals surface area (Å²) in [5.74, 6) is 0.655. The second kappa shape index (κ2) is 5.95. The molecule has 1 unspecified atom stereocenters. The molecule has 2 aliphatic rings. The fraction of sp³-hybridized carbons (Fsp3) is 0.733. The van der Waals surface area contributed by atoms with Gasteiger partial charge in [0, 0.05) is 37.6 Å². The Morgan fingerprint density at radius 1 is 1.35 bits per heavy atom. The van der Waals surface area contributed by atoms with Gasteiger partial charge in [0.2, 0.25) is 0 Å². The van der Waals surface area contributed by atoms with Crippen molar-refractivity contribution in [1.82, 2.24) is 14.9 Å². The maximum absolute atomic E-state index is 12.6. The molecule has 1 aromatic rings. The summed E-state index contributed by atoms with van der Waals surface area (Å²) in [7, 11) is 0. The number of hydrogen-bond acceptors (Lipinski definition) is 4. The van der Waals surface area contributed by atoms with Gasteiger partial charge in [-0.15, -0.1) is 0 Å². The molecule has 1 saturated heterocycles. The fourth-order valence-electron chi connectivity index (χ4n) is 3.05. The molecule has 1 saturated carbocycles. The van der Waals surface area contributed by atoms with E-state index in [4.69, 9.17) is 0 Å². The molecule has 20 heavy (non-hydrogen) atoms. The molecule has 5 nitrogen and oxygen atoms in total. The lowest BCUT2D eigenvalue weighted by Crippen LogP contribution is -2.48. The van der Waals surface area contributed by atoms with E-state index in [-0.39, 0.29) is 5.56 Å². The molecule has 0 radical (unpaired) electrons. The third-order valence-electron chi connectivity index (χ3n) is 4.32. The predicted molar refractivity (Wildman–Crippen MR) is 80.3 cm³/mol. The number of likely N-dealkylation sites (N-methyl/N-ethyl adjacent to an activating group) is 1. The maximum Gasteiger partial charge on any atom is 0.293 e. The van der Waals surface area contributed by atoms with Gasteiger partial charge in [0.25, 0.3) is 5.56 Å². The number of piperidine rings is 1. The van der Waals surface area contributed by atoms with Gasteiger partial charge in [0.15, 0.2) is 5.82 Å². The second-order valence-corrected chi connectivity index (χ2v) is 5.85. The summed E-state index contributed by atoms with van der Waals surface area (Å²) in [5.41, 5.74) is 0.0957. The standard InChI is InChI=1S/C15H24N4O/c1-2-16-11-13-5-3-4-9-18(13)14-15(20)19(10-8-17-14)12-6-7-12/h8,10,12-13,16H,2-7,9,11H2,1H3. The Kier molecular flexibility index (Phi) is 4.05. The topological polar surface area (TPSA) is 50.2 Å². The van der Waals surface area contributed by atoms with Gasteiger partial charge in [-0.1, -0.05) is 6.92 Å². The first-order chi connectivity index (χ1) is 9.81. The van der Waals surface area contributed by atoms with Crippen LogP contribution in [0.5, 0.6) is 0 Å². The molecule has 110 valence electrons. The number of hydrogen-bond donors (Lipinski definition) is 1. The molecule has 1 N–H and O–H groups in total. The van der Waals surface area contributed by atoms with E-state index in [9.17, 15) is 4.79 Å². The van der Waals surface area contributed by atoms with Crippen molar-refractivity contribution in [2.45, 2.75) is 51.1 Å². The van der Waals surface area contributed by atoms with E-state index >= 15 is 0 Å². The summed E-state index contributed by atoms with van der Waals surface area (Å²) in [5, 5.41) is 3.41. The molecule has 2 fully saturated rings. The summed E-state index contributed by atoms with van der Waals surface area (Å²) >= 11 is 0. The van der Waals surface area contributed by atoms with Gasteiger partial charge < -0.3 is 14.8 Å². The normalized spacial score (nSPS) is 23.1. The molecule has 1 atom stereocenters. The van der Waals surface area contributed by atoms with Crippen molar-refractivity contribution in [2.24, 2.45) is 0 Å². The first-order valence-corrected chi connectivity index (χ1v) is 7.85. The number of anilines is 1. The Bertz CT molecular complexity index is 509. The van der Waals surface area contributed by atoms with Crippen molar-refractivity contribution in [1.29, 1.82) is 0 Å². The number of nitrogens with zero attached hydrogens (tertiary/aromatic N) is 3. The van der Waals surface area contributed by atoms with Crippen molar-refractivity contribution >= 4 is 5.82 Å². The predicted octanol–water partition coefficient (Wildman–Crippen LogP) is 1.55. The van der Waals surface area contributed by atoms with Gasteiger partial charge in [-0.3, -0.25) is 4.79 Å². The molecule has 1 aliphatic carbocycles. The summed E-state index contributed by atoms with van der Waals surface area (Å²) in [4.78, 5) is 19.2. The van der Waals surface area contributed by atoms with Gasteiger partial charge in [-0.2, -0.15) is 0 Å². The van der Waals surface area contributed by atoms with Crippen LogP contribution in [0.4, 0.5) is 5.82 Å². The zero-order chi connectivity index (χ0) is 13.9. The Hall–Kier alpha value is -1.36. The van der Waals surface area contributed by atoms with Crippen molar-refractivity contribution in [3.05, 3.63) is 22.7 Å². The van der Waals surface area contributed by atoms with Crippen molar-refractivity contribution in [3.63, 3.8) is 0 Å². The SMILES string of the molecule is CCNCC1CCCCN1c1nccn(C2CC2)c1=O. The van der Waals surface area contributed by atoms with Crippen LogP contribution in [0.2, 0.25) is 0 Å². The van der Waals surface area contributed by atoms with Gasteiger partial charge >= 0.3 is 0 Å². The van der Waals surface area contributed by atoms with Crippen LogP contribution in [-0.2, 0) is 0 Å². The lowest BCUT2D eigenvalue weighted by atomic mass is 10.0. The third kappa shape index (κ3) is 2.73. The van der Waals surface area contributed by atoms with Gasteiger partial charge in [-0.25, -0.2) is 4.98 Å². The maximum atomic E-state index is 12.6. The highest BCUT2D eigenvalue weighted by atomic mass is 16.1. The van der Waals surface area contributed by atoms with Crippen LogP contribution in [0.15, 0.2) is 17.2 Å². The molecule has 0 spiro atoms. The molecule has 5 heteroatoms. The van der Waals surface area contributed by atoms with E-state index in [0.717, 1.165) is 45.3 Å². The number of aromatic nitrogens is 2. The van der Waals surface area contributed by atoms with Crippen LogP contribution in [0, 0.1) is 0 Å². The smallest absolute Gasteiger partial charge is 0.293 e. The average Bonchev–Trinajstić information content (AvgIpc) is 3.30. The highest BCUT2D eigenvalue weighted by molar-refractivity contribution is 5.38. The molecule has 0 amide bonds. The van der Waals surface area contributed by atoms with Crippen molar-refractivity contribution in [3.8, 4) is 0 Å². The highest BCUT2D eigenvalue weighted by Crippen LogP contribution is 2.33. The highest BCUT2D eigenvalue weighted by Gasteiger charge is 2.29. The van der Waals surface area contributed by atoms with Crippen LogP contribution >= 0.6 is 0 Å². The van der Waals surface area contributed by atoms with Crippen LogP contribution in [0.1, 0.15) is 45.1 Å². The van der Waals surface area contributed by atoms with Crippen molar-refractivity contribution in [2.75, 3.05) is 24.5 Å². The van der Waals surface area contributed by atoms with Crippen LogP contribution in [0.3, 0.4) is 0 Å². The van der Waals surface area contributed by atoms with E-state index in [0.29, 0.717) is 17.9 Å². The first kappa shape index (κ1) is 13.6. The molecule has 3 rings (SSSR count). The van der Waals surface area contributed by atoms with E-state index in [1.807, 2.05) is 10.8 Å². The zero-order valence-electron chi connectivity index (χ0n) is 12.2. The van der Waals surface area contributed by atoms with Gasteiger partial charge in [0.05, 0.1) is 0 Å². The minimum Gasteiger partial charge on any atom is -0.348 e. The molecular formula is C15H24N4O. The summed E-state index contributed by atoms with van der Waals surface area (Å²) in [6, 6.07) is 0.820. The number of nitrogens with one attached hydrogen (secondary N) is 1. The van der Waals surface area contributed by atoms with Crippen LogP contribution in [0.25, 0.3) is 0 Å². The van der Waals surface area contributed by atoms with Gasteiger partial charge in [0.1, 0.15) is 0 Å². The van der Waals surface area contributed by atoms with Gasteiger partial charge in [-0.05, 0) is 38.6 Å². The fourth-order valence-corrected chi connectivity index (χ4v) is 3.05.